The Hall–Kier alpha value is -1.82. The van der Waals surface area contributed by atoms with Gasteiger partial charge in [0.2, 0.25) is 5.79 Å². The molecule has 2 unspecified atom stereocenters. The van der Waals surface area contributed by atoms with E-state index in [0.717, 1.165) is 50.5 Å². The second kappa shape index (κ2) is 7.85. The Morgan fingerprint density at radius 2 is 1.72 bits per heavy atom. The van der Waals surface area contributed by atoms with Crippen LogP contribution in [-0.2, 0) is 28.5 Å². The zero-order valence-electron chi connectivity index (χ0n) is 22.7. The third-order valence-electron chi connectivity index (χ3n) is 11.0. The molecule has 3 fully saturated rings. The van der Waals surface area contributed by atoms with E-state index in [1.54, 1.807) is 6.08 Å². The third-order valence-corrected chi connectivity index (χ3v) is 11.0. The Labute approximate surface area is 215 Å². The molecule has 2 bridgehead atoms. The summed E-state index contributed by atoms with van der Waals surface area (Å²) >= 11 is 0. The van der Waals surface area contributed by atoms with Crippen LogP contribution in [0.1, 0.15) is 92.9 Å². The summed E-state index contributed by atoms with van der Waals surface area (Å²) in [7, 11) is 0. The minimum atomic E-state index is -0.740. The highest BCUT2D eigenvalue weighted by atomic mass is 16.7. The number of hydrogen-bond donors (Lipinski definition) is 0. The molecule has 6 aliphatic rings. The highest BCUT2D eigenvalue weighted by molar-refractivity contribution is 5.84. The van der Waals surface area contributed by atoms with Gasteiger partial charge in [-0.2, -0.15) is 0 Å². The van der Waals surface area contributed by atoms with Gasteiger partial charge >= 0.3 is 11.9 Å². The number of ether oxygens (including phenoxy) is 4. The van der Waals surface area contributed by atoms with Gasteiger partial charge < -0.3 is 18.9 Å². The second-order valence-corrected chi connectivity index (χ2v) is 13.8. The van der Waals surface area contributed by atoms with E-state index in [-0.39, 0.29) is 46.8 Å². The summed E-state index contributed by atoms with van der Waals surface area (Å²) in [6.45, 7) is 13.3. The van der Waals surface area contributed by atoms with Crippen molar-refractivity contribution in [3.8, 4) is 0 Å². The minimum Gasteiger partial charge on any atom is -0.486 e. The summed E-state index contributed by atoms with van der Waals surface area (Å²) in [4.78, 5) is 24.8. The Morgan fingerprint density at radius 3 is 2.44 bits per heavy atom. The summed E-state index contributed by atoms with van der Waals surface area (Å²) in [6.07, 6.45) is 11.4. The van der Waals surface area contributed by atoms with E-state index >= 15 is 0 Å². The molecular weight excluding hydrogens is 456 g/mol. The lowest BCUT2D eigenvalue weighted by Crippen LogP contribution is -2.50. The predicted molar refractivity (Wildman–Crippen MR) is 133 cm³/mol. The summed E-state index contributed by atoms with van der Waals surface area (Å²) in [5.74, 6) is 0.397. The van der Waals surface area contributed by atoms with Crippen molar-refractivity contribution in [2.75, 3.05) is 0 Å². The number of allylic oxidation sites excluding steroid dienone is 1. The van der Waals surface area contributed by atoms with E-state index in [1.807, 2.05) is 20.8 Å². The number of rotatable bonds is 0. The molecular formula is C30H42O6. The first-order valence-corrected chi connectivity index (χ1v) is 14.1. The molecule has 6 rings (SSSR count). The van der Waals surface area contributed by atoms with Crippen molar-refractivity contribution < 1.29 is 28.5 Å². The van der Waals surface area contributed by atoms with Gasteiger partial charge in [0.15, 0.2) is 0 Å². The van der Waals surface area contributed by atoms with E-state index in [1.165, 1.54) is 0 Å². The van der Waals surface area contributed by atoms with Crippen LogP contribution in [0.3, 0.4) is 0 Å². The molecule has 0 aromatic rings. The molecule has 0 N–H and O–H groups in total. The lowest BCUT2D eigenvalue weighted by atomic mass is 9.57. The maximum atomic E-state index is 12.5. The lowest BCUT2D eigenvalue weighted by Gasteiger charge is -2.50. The maximum Gasteiger partial charge on any atom is 0.335 e. The van der Waals surface area contributed by atoms with Gasteiger partial charge in [-0.05, 0) is 74.7 Å². The van der Waals surface area contributed by atoms with Crippen molar-refractivity contribution in [3.05, 3.63) is 23.5 Å². The molecule has 2 aliphatic carbocycles. The average Bonchev–Trinajstić information content (AvgIpc) is 3.31. The molecule has 4 aliphatic heterocycles. The lowest BCUT2D eigenvalue weighted by molar-refractivity contribution is -0.276. The van der Waals surface area contributed by atoms with Gasteiger partial charge in [0.1, 0.15) is 17.5 Å². The van der Waals surface area contributed by atoms with Crippen LogP contribution in [0, 0.1) is 34.5 Å². The van der Waals surface area contributed by atoms with Crippen LogP contribution in [0.4, 0.5) is 0 Å². The first-order valence-electron chi connectivity index (χ1n) is 14.1. The van der Waals surface area contributed by atoms with Crippen molar-refractivity contribution >= 4 is 11.9 Å². The fourth-order valence-electron chi connectivity index (χ4n) is 9.17. The normalized spacial score (nSPS) is 49.5. The van der Waals surface area contributed by atoms with Crippen molar-refractivity contribution in [3.63, 3.8) is 0 Å². The van der Waals surface area contributed by atoms with Crippen molar-refractivity contribution in [1.82, 2.24) is 0 Å². The van der Waals surface area contributed by atoms with Gasteiger partial charge in [0.25, 0.3) is 0 Å². The highest BCUT2D eigenvalue weighted by Crippen LogP contribution is 2.67. The highest BCUT2D eigenvalue weighted by Gasteiger charge is 2.65. The first kappa shape index (κ1) is 24.5. The molecule has 1 spiro atoms. The summed E-state index contributed by atoms with van der Waals surface area (Å²) < 4.78 is 24.9. The van der Waals surface area contributed by atoms with Crippen molar-refractivity contribution in [2.45, 2.75) is 117 Å². The number of carbonyl (C=O) groups is 2. The van der Waals surface area contributed by atoms with E-state index in [4.69, 9.17) is 18.9 Å². The number of fused-ring (bicyclic) bond motifs is 4. The van der Waals surface area contributed by atoms with Crippen molar-refractivity contribution in [1.29, 1.82) is 0 Å². The van der Waals surface area contributed by atoms with Gasteiger partial charge in [-0.15, -0.1) is 0 Å². The first-order chi connectivity index (χ1) is 16.8. The van der Waals surface area contributed by atoms with Crippen LogP contribution in [0.2, 0.25) is 0 Å². The van der Waals surface area contributed by atoms with Gasteiger partial charge in [0.05, 0.1) is 18.1 Å². The monoisotopic (exact) mass is 498 g/mol. The molecule has 6 heteroatoms. The van der Waals surface area contributed by atoms with Gasteiger partial charge in [-0.3, -0.25) is 4.79 Å². The molecule has 0 aromatic heterocycles. The molecule has 0 amide bonds. The quantitative estimate of drug-likeness (QED) is 0.390. The number of carbonyl (C=O) groups excluding carboxylic acids is 2. The van der Waals surface area contributed by atoms with E-state index in [9.17, 15) is 9.59 Å². The smallest absolute Gasteiger partial charge is 0.335 e. The molecule has 6 nitrogen and oxygen atoms in total. The molecule has 9 atom stereocenters. The van der Waals surface area contributed by atoms with Crippen LogP contribution < -0.4 is 0 Å². The number of esters is 2. The van der Waals surface area contributed by atoms with E-state index in [2.05, 4.69) is 26.8 Å². The third kappa shape index (κ3) is 3.53. The summed E-state index contributed by atoms with van der Waals surface area (Å²) in [5.41, 5.74) is 0.770. The molecule has 2 saturated heterocycles. The molecule has 1 saturated carbocycles. The average molecular weight is 499 g/mol. The predicted octanol–water partition coefficient (Wildman–Crippen LogP) is 5.85. The SMILES string of the molecule is C[C@@H]1C[C@]2(C[C@@H](C)[C@H]3C(C[C@@]4(C)CCC[C@@H]5C6=C[C@H](CCC34C)OC6=CC(=O)OC5(C)C)O2)OC1=O. The zero-order chi connectivity index (χ0) is 25.7. The van der Waals surface area contributed by atoms with Crippen LogP contribution in [-0.4, -0.2) is 35.5 Å². The topological polar surface area (TPSA) is 71.1 Å². The van der Waals surface area contributed by atoms with Gasteiger partial charge in [0, 0.05) is 24.3 Å². The summed E-state index contributed by atoms with van der Waals surface area (Å²) in [5, 5.41) is 0. The molecule has 0 radical (unpaired) electrons. The fourth-order valence-corrected chi connectivity index (χ4v) is 9.17. The Balaban J connectivity index is 1.32. The Kier molecular flexibility index (Phi) is 5.34. The molecule has 4 heterocycles. The van der Waals surface area contributed by atoms with E-state index in [0.29, 0.717) is 24.0 Å². The Morgan fingerprint density at radius 1 is 0.944 bits per heavy atom. The van der Waals surface area contributed by atoms with Gasteiger partial charge in [-0.1, -0.05) is 34.1 Å². The minimum absolute atomic E-state index is 0.0172. The van der Waals surface area contributed by atoms with Gasteiger partial charge in [-0.25, -0.2) is 4.79 Å². The largest absolute Gasteiger partial charge is 0.486 e. The van der Waals surface area contributed by atoms with E-state index < -0.39 is 11.4 Å². The van der Waals surface area contributed by atoms with Crippen LogP contribution in [0.25, 0.3) is 0 Å². The zero-order valence-corrected chi connectivity index (χ0v) is 22.7. The molecule has 198 valence electrons. The molecule has 0 aromatic carbocycles. The number of cyclic esters (lactones) is 1. The second-order valence-electron chi connectivity index (χ2n) is 13.8. The van der Waals surface area contributed by atoms with Crippen LogP contribution in [0.15, 0.2) is 23.5 Å². The summed E-state index contributed by atoms with van der Waals surface area (Å²) in [6, 6.07) is 0. The molecule has 36 heavy (non-hydrogen) atoms. The number of hydrogen-bond acceptors (Lipinski definition) is 6. The van der Waals surface area contributed by atoms with Crippen LogP contribution >= 0.6 is 0 Å². The fraction of sp³-hybridized carbons (Fsp3) is 0.800. The Bertz CT molecular complexity index is 1040. The van der Waals surface area contributed by atoms with Crippen LogP contribution in [0.5, 0.6) is 0 Å². The maximum absolute atomic E-state index is 12.5. The standard InChI is InChI=1S/C30H42O6/c1-17-14-30(15-18(2)26(32)36-30)34-23-16-28(5)10-7-8-21-20-12-19(9-11-29(28,6)25(17)23)33-22(20)13-24(31)35-27(21,3)4/h12-13,17-19,21,23,25H,7-11,14-16H2,1-6H3/t17-,18-,19+,21-,23?,25+,28-,29?,30+/m1/s1. The van der Waals surface area contributed by atoms with Crippen molar-refractivity contribution in [2.24, 2.45) is 34.5 Å².